The van der Waals surface area contributed by atoms with Gasteiger partial charge in [-0.25, -0.2) is 4.98 Å². The molecule has 3 heteroatoms. The highest BCUT2D eigenvalue weighted by atomic mass is 15.1. The Balaban J connectivity index is 1.55. The summed E-state index contributed by atoms with van der Waals surface area (Å²) in [4.78, 5) is 6.78. The second-order valence-electron chi connectivity index (χ2n) is 7.01. The van der Waals surface area contributed by atoms with Gasteiger partial charge in [-0.15, -0.1) is 0 Å². The molecule has 1 aliphatic heterocycles. The predicted molar refractivity (Wildman–Crippen MR) is 103 cm³/mol. The molecule has 1 atom stereocenters. The third-order valence-corrected chi connectivity index (χ3v) is 5.37. The molecule has 4 rings (SSSR count). The van der Waals surface area contributed by atoms with Gasteiger partial charge in [0.05, 0.1) is 0 Å². The molecule has 0 aliphatic carbocycles. The number of nitrogens with zero attached hydrogens (tertiary/aromatic N) is 3. The van der Waals surface area contributed by atoms with E-state index in [1.165, 1.54) is 42.5 Å². The molecule has 128 valence electrons. The lowest BCUT2D eigenvalue weighted by atomic mass is 9.94. The second kappa shape index (κ2) is 6.85. The lowest BCUT2D eigenvalue weighted by Gasteiger charge is -2.32. The van der Waals surface area contributed by atoms with Crippen LogP contribution in [-0.4, -0.2) is 28.0 Å². The zero-order valence-corrected chi connectivity index (χ0v) is 15.0. The second-order valence-corrected chi connectivity index (χ2v) is 7.01. The molecule has 0 bridgehead atoms. The monoisotopic (exact) mass is 331 g/mol. The molecule has 3 nitrogen and oxygen atoms in total. The van der Waals surface area contributed by atoms with E-state index < -0.39 is 0 Å². The summed E-state index contributed by atoms with van der Waals surface area (Å²) in [5.41, 5.74) is 5.12. The minimum Gasteiger partial charge on any atom is -0.304 e. The maximum atomic E-state index is 4.29. The fraction of sp³-hybridized carbons (Fsp3) is 0.318. The van der Waals surface area contributed by atoms with Gasteiger partial charge < -0.3 is 4.57 Å². The average molecular weight is 331 g/mol. The topological polar surface area (TPSA) is 21.1 Å². The Bertz CT molecular complexity index is 830. The molecule has 2 heterocycles. The Kier molecular flexibility index (Phi) is 4.41. The molecule has 2 aromatic carbocycles. The molecule has 1 aromatic heterocycles. The minimum atomic E-state index is 0.578. The summed E-state index contributed by atoms with van der Waals surface area (Å²) in [6, 6.07) is 18.4. The van der Waals surface area contributed by atoms with Gasteiger partial charge in [-0.2, -0.15) is 0 Å². The summed E-state index contributed by atoms with van der Waals surface area (Å²) in [5, 5.41) is 0. The van der Waals surface area contributed by atoms with E-state index in [2.05, 4.69) is 70.0 Å². The van der Waals surface area contributed by atoms with Gasteiger partial charge in [-0.05, 0) is 62.2 Å². The molecule has 0 saturated carbocycles. The van der Waals surface area contributed by atoms with Crippen molar-refractivity contribution < 1.29 is 0 Å². The number of aromatic nitrogens is 2. The quantitative estimate of drug-likeness (QED) is 0.673. The van der Waals surface area contributed by atoms with Crippen LogP contribution in [0.15, 0.2) is 60.9 Å². The number of aryl methyl sites for hydroxylation is 1. The standard InChI is InChI=1S/C22H25N3/c1-17-23-14-16-25(17)21-12-10-19(11-13-21)18-6-8-20(9-7-18)22-5-3-4-15-24(22)2/h6-14,16,22H,3-5,15H2,1-2H3. The van der Waals surface area contributed by atoms with E-state index in [9.17, 15) is 0 Å². The van der Waals surface area contributed by atoms with Crippen molar-refractivity contribution in [3.63, 3.8) is 0 Å². The fourth-order valence-corrected chi connectivity index (χ4v) is 3.86. The number of imidazole rings is 1. The molecule has 0 radical (unpaired) electrons. The number of hydrogen-bond acceptors (Lipinski definition) is 2. The van der Waals surface area contributed by atoms with E-state index in [1.807, 2.05) is 19.3 Å². The van der Waals surface area contributed by atoms with Crippen LogP contribution in [0.5, 0.6) is 0 Å². The van der Waals surface area contributed by atoms with E-state index in [-0.39, 0.29) is 0 Å². The van der Waals surface area contributed by atoms with E-state index in [1.54, 1.807) is 0 Å². The third kappa shape index (κ3) is 3.24. The maximum Gasteiger partial charge on any atom is 0.110 e. The van der Waals surface area contributed by atoms with Crippen molar-refractivity contribution in [2.24, 2.45) is 0 Å². The molecule has 25 heavy (non-hydrogen) atoms. The van der Waals surface area contributed by atoms with Crippen molar-refractivity contribution in [2.45, 2.75) is 32.2 Å². The molecule has 1 saturated heterocycles. The van der Waals surface area contributed by atoms with E-state index in [4.69, 9.17) is 0 Å². The van der Waals surface area contributed by atoms with E-state index >= 15 is 0 Å². The van der Waals surface area contributed by atoms with Crippen LogP contribution in [0.2, 0.25) is 0 Å². The molecular weight excluding hydrogens is 306 g/mol. The molecule has 1 fully saturated rings. The average Bonchev–Trinajstić information content (AvgIpc) is 3.08. The van der Waals surface area contributed by atoms with Crippen LogP contribution in [0.4, 0.5) is 0 Å². The SMILES string of the molecule is Cc1nccn1-c1ccc(-c2ccc(C3CCCCN3C)cc2)cc1. The van der Waals surface area contributed by atoms with Crippen molar-refractivity contribution in [3.8, 4) is 16.8 Å². The molecule has 1 aliphatic rings. The number of benzene rings is 2. The van der Waals surface area contributed by atoms with Crippen LogP contribution in [0.1, 0.15) is 36.7 Å². The normalized spacial score (nSPS) is 18.4. The molecule has 0 amide bonds. The lowest BCUT2D eigenvalue weighted by Crippen LogP contribution is -2.29. The Hall–Kier alpha value is -2.39. The molecule has 1 unspecified atom stereocenters. The largest absolute Gasteiger partial charge is 0.304 e. The van der Waals surface area contributed by atoms with Gasteiger partial charge in [-0.3, -0.25) is 4.90 Å². The number of piperidine rings is 1. The van der Waals surface area contributed by atoms with Crippen molar-refractivity contribution in [2.75, 3.05) is 13.6 Å². The number of hydrogen-bond donors (Lipinski definition) is 0. The molecule has 3 aromatic rings. The lowest BCUT2D eigenvalue weighted by molar-refractivity contribution is 0.187. The summed E-state index contributed by atoms with van der Waals surface area (Å²) in [7, 11) is 2.24. The smallest absolute Gasteiger partial charge is 0.110 e. The van der Waals surface area contributed by atoms with Crippen LogP contribution in [0.25, 0.3) is 16.8 Å². The van der Waals surface area contributed by atoms with Crippen LogP contribution in [-0.2, 0) is 0 Å². The van der Waals surface area contributed by atoms with Gasteiger partial charge in [0, 0.05) is 24.1 Å². The van der Waals surface area contributed by atoms with Crippen LogP contribution in [0.3, 0.4) is 0 Å². The highest BCUT2D eigenvalue weighted by molar-refractivity contribution is 5.65. The van der Waals surface area contributed by atoms with Gasteiger partial charge >= 0.3 is 0 Å². The Morgan fingerprint density at radius 2 is 1.60 bits per heavy atom. The first kappa shape index (κ1) is 16.1. The maximum absolute atomic E-state index is 4.29. The van der Waals surface area contributed by atoms with Gasteiger partial charge in [0.2, 0.25) is 0 Å². The third-order valence-electron chi connectivity index (χ3n) is 5.37. The summed E-state index contributed by atoms with van der Waals surface area (Å²) < 4.78 is 2.10. The zero-order valence-electron chi connectivity index (χ0n) is 15.0. The Morgan fingerprint density at radius 3 is 2.20 bits per heavy atom. The fourth-order valence-electron chi connectivity index (χ4n) is 3.86. The van der Waals surface area contributed by atoms with Gasteiger partial charge in [0.1, 0.15) is 5.82 Å². The highest BCUT2D eigenvalue weighted by Crippen LogP contribution is 2.31. The van der Waals surface area contributed by atoms with Crippen molar-refractivity contribution in [1.82, 2.24) is 14.5 Å². The Morgan fingerprint density at radius 1 is 0.920 bits per heavy atom. The first-order chi connectivity index (χ1) is 12.2. The van der Waals surface area contributed by atoms with Crippen molar-refractivity contribution in [3.05, 3.63) is 72.3 Å². The van der Waals surface area contributed by atoms with Gasteiger partial charge in [0.25, 0.3) is 0 Å². The van der Waals surface area contributed by atoms with Crippen LogP contribution >= 0.6 is 0 Å². The van der Waals surface area contributed by atoms with Crippen LogP contribution < -0.4 is 0 Å². The van der Waals surface area contributed by atoms with Gasteiger partial charge in [-0.1, -0.05) is 42.8 Å². The van der Waals surface area contributed by atoms with Crippen LogP contribution in [0, 0.1) is 6.92 Å². The summed E-state index contributed by atoms with van der Waals surface area (Å²) >= 11 is 0. The number of likely N-dealkylation sites (tertiary alicyclic amines) is 1. The first-order valence-electron chi connectivity index (χ1n) is 9.13. The zero-order chi connectivity index (χ0) is 17.2. The first-order valence-corrected chi connectivity index (χ1v) is 9.13. The Labute approximate surface area is 149 Å². The minimum absolute atomic E-state index is 0.578. The van der Waals surface area contributed by atoms with E-state index in [0.717, 1.165) is 11.5 Å². The summed E-state index contributed by atoms with van der Waals surface area (Å²) in [5.74, 6) is 1.01. The summed E-state index contributed by atoms with van der Waals surface area (Å²) in [6.45, 7) is 3.23. The predicted octanol–water partition coefficient (Wildman–Crippen LogP) is 5.00. The molecule has 0 spiro atoms. The molecular formula is C22H25N3. The van der Waals surface area contributed by atoms with Crippen molar-refractivity contribution in [1.29, 1.82) is 0 Å². The summed E-state index contributed by atoms with van der Waals surface area (Å²) in [6.07, 6.45) is 7.78. The highest BCUT2D eigenvalue weighted by Gasteiger charge is 2.20. The van der Waals surface area contributed by atoms with Crippen molar-refractivity contribution >= 4 is 0 Å². The molecule has 0 N–H and O–H groups in total. The number of rotatable bonds is 3. The van der Waals surface area contributed by atoms with E-state index in [0.29, 0.717) is 6.04 Å². The van der Waals surface area contributed by atoms with Gasteiger partial charge in [0.15, 0.2) is 0 Å².